The van der Waals surface area contributed by atoms with Gasteiger partial charge in [-0.15, -0.1) is 0 Å². The minimum atomic E-state index is -4.58. The Kier molecular flexibility index (Phi) is 6.92. The fraction of sp³-hybridized carbons (Fsp3) is 0.188. The molecule has 13 heteroatoms. The molecule has 0 unspecified atom stereocenters. The van der Waals surface area contributed by atoms with Crippen molar-refractivity contribution in [3.63, 3.8) is 0 Å². The van der Waals surface area contributed by atoms with E-state index in [0.717, 1.165) is 7.11 Å². The van der Waals surface area contributed by atoms with Crippen molar-refractivity contribution in [1.82, 2.24) is 14.7 Å². The molecule has 1 aromatic carbocycles. The first-order chi connectivity index (χ1) is 13.7. The van der Waals surface area contributed by atoms with Crippen molar-refractivity contribution in [3.8, 4) is 11.9 Å². The number of nitriles is 1. The summed E-state index contributed by atoms with van der Waals surface area (Å²) < 4.78 is 36.8. The highest BCUT2D eigenvalue weighted by Gasteiger charge is 2.28. The molecule has 0 atom stereocenters. The molecule has 0 aliphatic rings. The van der Waals surface area contributed by atoms with Gasteiger partial charge in [0, 0.05) is 6.07 Å². The lowest BCUT2D eigenvalue weighted by molar-refractivity contribution is 0.0596. The summed E-state index contributed by atoms with van der Waals surface area (Å²) >= 11 is 5.77. The molecule has 1 heterocycles. The number of carbonyl (C=O) groups excluding carboxylic acids is 2. The second-order valence-corrected chi connectivity index (χ2v) is 7.24. The maximum atomic E-state index is 12.8. The van der Waals surface area contributed by atoms with Gasteiger partial charge in [0.25, 0.3) is 10.0 Å². The van der Waals surface area contributed by atoms with Crippen LogP contribution in [0.5, 0.6) is 5.88 Å². The van der Waals surface area contributed by atoms with Gasteiger partial charge in [0.15, 0.2) is 0 Å². The maximum Gasteiger partial charge on any atom is 0.339 e. The quantitative estimate of drug-likeness (QED) is 0.501. The average Bonchev–Trinajstić information content (AvgIpc) is 2.66. The van der Waals surface area contributed by atoms with E-state index in [4.69, 9.17) is 21.6 Å². The smallest absolute Gasteiger partial charge is 0.339 e. The van der Waals surface area contributed by atoms with Gasteiger partial charge < -0.3 is 9.47 Å². The van der Waals surface area contributed by atoms with Gasteiger partial charge in [0.05, 0.1) is 32.3 Å². The Labute approximate surface area is 170 Å². The molecule has 0 aliphatic heterocycles. The van der Waals surface area contributed by atoms with E-state index in [-0.39, 0.29) is 34.5 Å². The zero-order valence-electron chi connectivity index (χ0n) is 15.1. The van der Waals surface area contributed by atoms with Crippen molar-refractivity contribution in [2.24, 2.45) is 0 Å². The number of rotatable bonds is 6. The molecule has 2 N–H and O–H groups in total. The first-order valence-corrected chi connectivity index (χ1v) is 9.57. The highest BCUT2D eigenvalue weighted by atomic mass is 35.5. The van der Waals surface area contributed by atoms with Gasteiger partial charge in [-0.3, -0.25) is 5.32 Å². The molecule has 0 aliphatic carbocycles. The number of aromatic nitrogens is 2. The Morgan fingerprint density at radius 3 is 2.62 bits per heavy atom. The van der Waals surface area contributed by atoms with Gasteiger partial charge in [-0.2, -0.15) is 10.2 Å². The van der Waals surface area contributed by atoms with E-state index in [2.05, 4.69) is 20.0 Å². The third-order valence-corrected chi connectivity index (χ3v) is 5.04. The largest absolute Gasteiger partial charge is 0.481 e. The van der Waals surface area contributed by atoms with E-state index in [0.29, 0.717) is 0 Å². The number of methoxy groups -OCH3 is 2. The zero-order chi connectivity index (χ0) is 21.6. The number of urea groups is 1. The molecule has 0 fully saturated rings. The predicted molar refractivity (Wildman–Crippen MR) is 100 cm³/mol. The molecule has 2 aromatic rings. The van der Waals surface area contributed by atoms with Crippen LogP contribution in [0.4, 0.5) is 10.7 Å². The second kappa shape index (κ2) is 9.18. The normalized spacial score (nSPS) is 10.6. The molecular weight excluding hydrogens is 426 g/mol. The van der Waals surface area contributed by atoms with Crippen LogP contribution in [0, 0.1) is 11.3 Å². The number of nitrogens with zero attached hydrogens (tertiary/aromatic N) is 3. The molecule has 152 valence electrons. The third-order valence-electron chi connectivity index (χ3n) is 3.37. The Bertz CT molecular complexity index is 1100. The molecule has 0 radical (unpaired) electrons. The van der Waals surface area contributed by atoms with Crippen LogP contribution in [0.1, 0.15) is 15.9 Å². The minimum Gasteiger partial charge on any atom is -0.481 e. The SMILES string of the molecule is COC(=O)c1cccc(CC#N)c1S(=O)(=O)NC(=O)Nc1nc(Cl)cc(OC)n1. The van der Waals surface area contributed by atoms with E-state index in [1.165, 1.54) is 31.4 Å². The molecule has 0 bridgehead atoms. The minimum absolute atomic E-state index is 0.0105. The van der Waals surface area contributed by atoms with E-state index < -0.39 is 26.9 Å². The van der Waals surface area contributed by atoms with Gasteiger partial charge in [-0.1, -0.05) is 23.7 Å². The van der Waals surface area contributed by atoms with Crippen LogP contribution in [0.3, 0.4) is 0 Å². The average molecular weight is 440 g/mol. The van der Waals surface area contributed by atoms with Crippen molar-refractivity contribution in [3.05, 3.63) is 40.5 Å². The van der Waals surface area contributed by atoms with E-state index in [9.17, 15) is 18.0 Å². The molecule has 29 heavy (non-hydrogen) atoms. The van der Waals surface area contributed by atoms with E-state index in [1.807, 2.05) is 0 Å². The summed E-state index contributed by atoms with van der Waals surface area (Å²) in [6.07, 6.45) is -0.322. The van der Waals surface area contributed by atoms with Crippen LogP contribution in [0.15, 0.2) is 29.2 Å². The number of amides is 2. The number of carbonyl (C=O) groups is 2. The first-order valence-electron chi connectivity index (χ1n) is 7.71. The number of benzene rings is 1. The first kappa shape index (κ1) is 21.9. The number of ether oxygens (including phenoxy) is 2. The van der Waals surface area contributed by atoms with Crippen LogP contribution in [-0.2, 0) is 21.2 Å². The molecule has 0 spiro atoms. The predicted octanol–water partition coefficient (Wildman–Crippen LogP) is 1.50. The van der Waals surface area contributed by atoms with Crippen molar-refractivity contribution in [1.29, 1.82) is 5.26 Å². The van der Waals surface area contributed by atoms with Crippen molar-refractivity contribution in [2.75, 3.05) is 19.5 Å². The van der Waals surface area contributed by atoms with Gasteiger partial charge >= 0.3 is 12.0 Å². The summed E-state index contributed by atoms with van der Waals surface area (Å²) in [5.74, 6) is -1.23. The Morgan fingerprint density at radius 1 is 1.28 bits per heavy atom. The van der Waals surface area contributed by atoms with Crippen LogP contribution in [0.2, 0.25) is 5.15 Å². The molecule has 2 amide bonds. The molecule has 11 nitrogen and oxygen atoms in total. The lowest BCUT2D eigenvalue weighted by Crippen LogP contribution is -2.36. The van der Waals surface area contributed by atoms with Gasteiger partial charge in [-0.05, 0) is 11.6 Å². The van der Waals surface area contributed by atoms with Crippen LogP contribution >= 0.6 is 11.6 Å². The number of hydrogen-bond donors (Lipinski definition) is 2. The monoisotopic (exact) mass is 439 g/mol. The van der Waals surface area contributed by atoms with Gasteiger partial charge in [0.2, 0.25) is 11.8 Å². The molecule has 1 aromatic heterocycles. The van der Waals surface area contributed by atoms with Crippen LogP contribution in [0.25, 0.3) is 0 Å². The topological polar surface area (TPSA) is 160 Å². The molecule has 0 saturated carbocycles. The standard InChI is InChI=1S/C16H14ClN5O6S/c1-27-12-8-11(17)19-15(20-12)21-16(24)22-29(25,26)13-9(6-7-18)4-3-5-10(13)14(23)28-2/h3-5,8H,6H2,1-2H3,(H2,19,20,21,22,24). The fourth-order valence-electron chi connectivity index (χ4n) is 2.25. The van der Waals surface area contributed by atoms with E-state index >= 15 is 0 Å². The lowest BCUT2D eigenvalue weighted by Gasteiger charge is -2.14. The third kappa shape index (κ3) is 5.31. The summed E-state index contributed by atoms with van der Waals surface area (Å²) in [5, 5.41) is 11.0. The van der Waals surface area contributed by atoms with Gasteiger partial charge in [0.1, 0.15) is 10.0 Å². The van der Waals surface area contributed by atoms with Crippen LogP contribution in [-0.4, -0.2) is 44.6 Å². The molecule has 2 rings (SSSR count). The fourth-order valence-corrected chi connectivity index (χ4v) is 3.75. The van der Waals surface area contributed by atoms with Gasteiger partial charge in [-0.25, -0.2) is 27.7 Å². The number of anilines is 1. The Hall–Kier alpha value is -3.43. The zero-order valence-corrected chi connectivity index (χ0v) is 16.7. The highest BCUT2D eigenvalue weighted by molar-refractivity contribution is 7.90. The second-order valence-electron chi connectivity index (χ2n) is 5.24. The van der Waals surface area contributed by atoms with Crippen molar-refractivity contribution in [2.45, 2.75) is 11.3 Å². The Morgan fingerprint density at radius 2 is 2.00 bits per heavy atom. The number of hydrogen-bond acceptors (Lipinski definition) is 9. The Balaban J connectivity index is 2.38. The molecule has 0 saturated heterocycles. The number of sulfonamides is 1. The summed E-state index contributed by atoms with van der Waals surface area (Å²) in [6, 6.07) is 5.79. The highest BCUT2D eigenvalue weighted by Crippen LogP contribution is 2.23. The van der Waals surface area contributed by atoms with E-state index in [1.54, 1.807) is 10.8 Å². The summed E-state index contributed by atoms with van der Waals surface area (Å²) in [7, 11) is -2.20. The summed E-state index contributed by atoms with van der Waals surface area (Å²) in [5.41, 5.74) is -0.322. The van der Waals surface area contributed by atoms with Crippen molar-refractivity contribution < 1.29 is 27.5 Å². The summed E-state index contributed by atoms with van der Waals surface area (Å²) in [6.45, 7) is 0. The lowest BCUT2D eigenvalue weighted by atomic mass is 10.1. The number of esters is 1. The number of nitrogens with one attached hydrogen (secondary N) is 2. The van der Waals surface area contributed by atoms with Crippen LogP contribution < -0.4 is 14.8 Å². The number of halogens is 1. The summed E-state index contributed by atoms with van der Waals surface area (Å²) in [4.78, 5) is 31.1. The van der Waals surface area contributed by atoms with Crippen molar-refractivity contribution >= 4 is 39.6 Å². The maximum absolute atomic E-state index is 12.8. The molecular formula is C16H14ClN5O6S.